The zero-order valence-electron chi connectivity index (χ0n) is 14.6. The highest BCUT2D eigenvalue weighted by Crippen LogP contribution is 2.36. The number of nitrogens with one attached hydrogen (secondary N) is 1. The first kappa shape index (κ1) is 18.4. The lowest BCUT2D eigenvalue weighted by Gasteiger charge is -2.25. The molecule has 2 amide bonds. The largest absolute Gasteiger partial charge is 0.322 e. The van der Waals surface area contributed by atoms with Crippen LogP contribution >= 0.6 is 0 Å². The summed E-state index contributed by atoms with van der Waals surface area (Å²) in [6.07, 6.45) is 1.83. The van der Waals surface area contributed by atoms with Crippen LogP contribution < -0.4 is 5.32 Å². The minimum atomic E-state index is -3.29. The number of urea groups is 1. The Kier molecular flexibility index (Phi) is 5.00. The smallest absolute Gasteiger partial charge is 0.317 e. The van der Waals surface area contributed by atoms with E-state index in [1.807, 2.05) is 6.92 Å². The number of nitrogens with zero attached hydrogens (tertiary/aromatic N) is 1. The lowest BCUT2D eigenvalue weighted by Crippen LogP contribution is -2.35. The van der Waals surface area contributed by atoms with Crippen molar-refractivity contribution in [2.24, 2.45) is 5.92 Å². The van der Waals surface area contributed by atoms with E-state index in [2.05, 4.69) is 5.32 Å². The van der Waals surface area contributed by atoms with Crippen molar-refractivity contribution in [3.8, 4) is 0 Å². The van der Waals surface area contributed by atoms with Crippen LogP contribution in [0.5, 0.6) is 0 Å². The molecule has 26 heavy (non-hydrogen) atoms. The normalized spacial score (nSPS) is 20.2. The van der Waals surface area contributed by atoms with Crippen molar-refractivity contribution < 1.29 is 17.6 Å². The maximum Gasteiger partial charge on any atom is 0.322 e. The first-order chi connectivity index (χ1) is 12.3. The average molecular weight is 376 g/mol. The van der Waals surface area contributed by atoms with Gasteiger partial charge in [0, 0.05) is 24.1 Å². The predicted molar refractivity (Wildman–Crippen MR) is 98.2 cm³/mol. The molecule has 7 heteroatoms. The molecule has 1 aliphatic rings. The molecule has 2 atom stereocenters. The minimum Gasteiger partial charge on any atom is -0.317 e. The molecule has 1 fully saturated rings. The van der Waals surface area contributed by atoms with Gasteiger partial charge in [0.25, 0.3) is 0 Å². The summed E-state index contributed by atoms with van der Waals surface area (Å²) in [5.74, 6) is -0.0557. The van der Waals surface area contributed by atoms with E-state index >= 15 is 0 Å². The Morgan fingerprint density at radius 1 is 1.15 bits per heavy atom. The third-order valence-corrected chi connectivity index (χ3v) is 5.70. The standard InChI is InChI=1S/C19H21FN2O3S/c1-13-11-18(16-5-3-4-6-17(16)20)22(12-13)19(23)21-14-7-9-15(10-8-14)26(2,24)25/h3-10,13,18H,11-12H2,1-2H3,(H,21,23). The topological polar surface area (TPSA) is 66.5 Å². The van der Waals surface area contributed by atoms with Crippen LogP contribution in [0.15, 0.2) is 53.4 Å². The van der Waals surface area contributed by atoms with Crippen molar-refractivity contribution >= 4 is 21.6 Å². The second kappa shape index (κ2) is 7.07. The maximum atomic E-state index is 14.2. The number of benzene rings is 2. The number of likely N-dealkylation sites (tertiary alicyclic amines) is 1. The van der Waals surface area contributed by atoms with E-state index in [0.29, 0.717) is 24.2 Å². The Labute approximate surface area is 152 Å². The molecule has 2 unspecified atom stereocenters. The van der Waals surface area contributed by atoms with Gasteiger partial charge in [-0.15, -0.1) is 0 Å². The lowest BCUT2D eigenvalue weighted by atomic mass is 10.0. The Balaban J connectivity index is 1.79. The van der Waals surface area contributed by atoms with Crippen molar-refractivity contribution in [1.82, 2.24) is 4.90 Å². The summed E-state index contributed by atoms with van der Waals surface area (Å²) >= 11 is 0. The highest BCUT2D eigenvalue weighted by Gasteiger charge is 2.35. The Morgan fingerprint density at radius 3 is 2.42 bits per heavy atom. The van der Waals surface area contributed by atoms with Crippen LogP contribution in [0.2, 0.25) is 0 Å². The monoisotopic (exact) mass is 376 g/mol. The van der Waals surface area contributed by atoms with E-state index in [0.717, 1.165) is 6.26 Å². The fraction of sp³-hybridized carbons (Fsp3) is 0.316. The fourth-order valence-corrected chi connectivity index (χ4v) is 3.92. The van der Waals surface area contributed by atoms with Gasteiger partial charge >= 0.3 is 6.03 Å². The number of amides is 2. The van der Waals surface area contributed by atoms with Gasteiger partial charge in [-0.2, -0.15) is 0 Å². The summed E-state index contributed by atoms with van der Waals surface area (Å²) in [4.78, 5) is 14.5. The summed E-state index contributed by atoms with van der Waals surface area (Å²) in [6, 6.07) is 11.9. The Morgan fingerprint density at radius 2 is 1.81 bits per heavy atom. The summed E-state index contributed by atoms with van der Waals surface area (Å²) in [6.45, 7) is 2.56. The first-order valence-electron chi connectivity index (χ1n) is 8.38. The molecule has 0 radical (unpaired) electrons. The van der Waals surface area contributed by atoms with E-state index in [-0.39, 0.29) is 28.7 Å². The highest BCUT2D eigenvalue weighted by atomic mass is 32.2. The van der Waals surface area contributed by atoms with Gasteiger partial charge in [0.05, 0.1) is 10.9 Å². The van der Waals surface area contributed by atoms with Gasteiger partial charge in [0.2, 0.25) is 0 Å². The number of sulfone groups is 1. The number of rotatable bonds is 3. The van der Waals surface area contributed by atoms with Crippen molar-refractivity contribution in [3.63, 3.8) is 0 Å². The average Bonchev–Trinajstić information content (AvgIpc) is 2.97. The summed E-state index contributed by atoms with van der Waals surface area (Å²) in [5.41, 5.74) is 1.01. The van der Waals surface area contributed by atoms with Gasteiger partial charge in [-0.3, -0.25) is 0 Å². The Bertz CT molecular complexity index is 913. The SMILES string of the molecule is CC1CC(c2ccccc2F)N(C(=O)Nc2ccc(S(C)(=O)=O)cc2)C1. The van der Waals surface area contributed by atoms with E-state index in [1.54, 1.807) is 35.2 Å². The predicted octanol–water partition coefficient (Wildman–Crippen LogP) is 3.84. The molecule has 2 aromatic carbocycles. The molecule has 0 aromatic heterocycles. The lowest BCUT2D eigenvalue weighted by molar-refractivity contribution is 0.205. The molecular formula is C19H21FN2O3S. The number of hydrogen-bond acceptors (Lipinski definition) is 3. The third kappa shape index (κ3) is 3.88. The van der Waals surface area contributed by atoms with Crippen LogP contribution in [0.1, 0.15) is 24.9 Å². The van der Waals surface area contributed by atoms with Gasteiger partial charge in [-0.1, -0.05) is 25.1 Å². The number of carbonyl (C=O) groups is 1. The van der Waals surface area contributed by atoms with Crippen molar-refractivity contribution in [2.45, 2.75) is 24.3 Å². The van der Waals surface area contributed by atoms with Crippen LogP contribution in [0, 0.1) is 11.7 Å². The van der Waals surface area contributed by atoms with E-state index in [4.69, 9.17) is 0 Å². The second-order valence-electron chi connectivity index (χ2n) is 6.76. The second-order valence-corrected chi connectivity index (χ2v) is 8.77. The summed E-state index contributed by atoms with van der Waals surface area (Å²) < 4.78 is 37.2. The van der Waals surface area contributed by atoms with Crippen LogP contribution in [0.25, 0.3) is 0 Å². The molecule has 0 aliphatic carbocycles. The molecule has 0 bridgehead atoms. The first-order valence-corrected chi connectivity index (χ1v) is 10.3. The molecule has 0 spiro atoms. The molecule has 0 saturated carbocycles. The Hall–Kier alpha value is -2.41. The van der Waals surface area contributed by atoms with Gasteiger partial charge < -0.3 is 10.2 Å². The summed E-state index contributed by atoms with van der Waals surface area (Å²) in [7, 11) is -3.29. The molecule has 1 heterocycles. The quantitative estimate of drug-likeness (QED) is 0.885. The van der Waals surface area contributed by atoms with Crippen molar-refractivity contribution in [1.29, 1.82) is 0 Å². The van der Waals surface area contributed by atoms with Gasteiger partial charge in [-0.05, 0) is 42.7 Å². The van der Waals surface area contributed by atoms with Gasteiger partial charge in [-0.25, -0.2) is 17.6 Å². The van der Waals surface area contributed by atoms with Crippen molar-refractivity contribution in [2.75, 3.05) is 18.1 Å². The number of halogens is 1. The molecule has 1 N–H and O–H groups in total. The molecule has 5 nitrogen and oxygen atoms in total. The molecule has 1 aliphatic heterocycles. The molecule has 1 saturated heterocycles. The van der Waals surface area contributed by atoms with Gasteiger partial charge in [0.1, 0.15) is 5.82 Å². The number of carbonyl (C=O) groups excluding carboxylic acids is 1. The number of anilines is 1. The van der Waals surface area contributed by atoms with Crippen LogP contribution in [0.3, 0.4) is 0 Å². The van der Waals surface area contributed by atoms with E-state index in [9.17, 15) is 17.6 Å². The zero-order valence-corrected chi connectivity index (χ0v) is 15.5. The molecule has 138 valence electrons. The van der Waals surface area contributed by atoms with Crippen LogP contribution in [0.4, 0.5) is 14.9 Å². The van der Waals surface area contributed by atoms with Crippen LogP contribution in [-0.4, -0.2) is 32.1 Å². The molecule has 2 aromatic rings. The fourth-order valence-electron chi connectivity index (χ4n) is 3.29. The number of hydrogen-bond donors (Lipinski definition) is 1. The highest BCUT2D eigenvalue weighted by molar-refractivity contribution is 7.90. The zero-order chi connectivity index (χ0) is 18.9. The summed E-state index contributed by atoms with van der Waals surface area (Å²) in [5, 5.41) is 2.77. The molecule has 3 rings (SSSR count). The van der Waals surface area contributed by atoms with Crippen LogP contribution in [-0.2, 0) is 9.84 Å². The maximum absolute atomic E-state index is 14.2. The van der Waals surface area contributed by atoms with E-state index in [1.165, 1.54) is 18.2 Å². The van der Waals surface area contributed by atoms with E-state index < -0.39 is 9.84 Å². The van der Waals surface area contributed by atoms with Gasteiger partial charge in [0.15, 0.2) is 9.84 Å². The minimum absolute atomic E-state index is 0.189. The van der Waals surface area contributed by atoms with Crippen molar-refractivity contribution in [3.05, 3.63) is 59.9 Å². The molecular weight excluding hydrogens is 355 g/mol. The third-order valence-electron chi connectivity index (χ3n) is 4.57.